The number of rotatable bonds is 3. The number of carbonyl (C=O) groups excluding carboxylic acids is 1. The van der Waals surface area contributed by atoms with Gasteiger partial charge >= 0.3 is 0 Å². The van der Waals surface area contributed by atoms with Crippen LogP contribution in [-0.2, 0) is 14.6 Å². The van der Waals surface area contributed by atoms with Crippen LogP contribution < -0.4 is 0 Å². The number of aliphatic hydroxyl groups is 1. The van der Waals surface area contributed by atoms with Gasteiger partial charge in [-0.15, -0.1) is 11.8 Å². The molecule has 0 aromatic carbocycles. The van der Waals surface area contributed by atoms with Crippen molar-refractivity contribution in [2.75, 3.05) is 17.3 Å². The van der Waals surface area contributed by atoms with Crippen LogP contribution in [0.25, 0.3) is 0 Å². The topological polar surface area (TPSA) is 74.7 Å². The molecule has 3 saturated heterocycles. The molecule has 3 fully saturated rings. The Bertz CT molecular complexity index is 479. The third-order valence-corrected chi connectivity index (χ3v) is 7.90. The molecule has 3 aliphatic heterocycles. The minimum absolute atomic E-state index is 0.0805. The number of thioether (sulfide) groups is 1. The first-order valence-electron chi connectivity index (χ1n) is 7.26. The molecule has 3 heterocycles. The number of piperidine rings is 1. The lowest BCUT2D eigenvalue weighted by molar-refractivity contribution is -0.134. The molecule has 5 nitrogen and oxygen atoms in total. The fraction of sp³-hybridized carbons (Fsp3) is 0.923. The molecule has 0 radical (unpaired) electrons. The molecule has 3 unspecified atom stereocenters. The van der Waals surface area contributed by atoms with Crippen LogP contribution in [0.4, 0.5) is 0 Å². The van der Waals surface area contributed by atoms with Crippen molar-refractivity contribution >= 4 is 27.5 Å². The summed E-state index contributed by atoms with van der Waals surface area (Å²) in [5.41, 5.74) is 0. The molecule has 0 aromatic heterocycles. The van der Waals surface area contributed by atoms with Crippen LogP contribution in [0.5, 0.6) is 0 Å². The van der Waals surface area contributed by atoms with Gasteiger partial charge in [0.15, 0.2) is 9.84 Å². The van der Waals surface area contributed by atoms with Crippen molar-refractivity contribution < 1.29 is 18.3 Å². The van der Waals surface area contributed by atoms with Gasteiger partial charge in [-0.05, 0) is 32.1 Å². The van der Waals surface area contributed by atoms with Gasteiger partial charge in [0.2, 0.25) is 5.91 Å². The molecule has 0 aliphatic carbocycles. The van der Waals surface area contributed by atoms with Gasteiger partial charge in [0, 0.05) is 17.3 Å². The summed E-state index contributed by atoms with van der Waals surface area (Å²) in [6, 6.07) is 0.397. The molecule has 0 saturated carbocycles. The lowest BCUT2D eigenvalue weighted by Crippen LogP contribution is -2.48. The molecule has 0 spiro atoms. The number of sulfone groups is 1. The highest BCUT2D eigenvalue weighted by atomic mass is 32.2. The Morgan fingerprint density at radius 3 is 2.40 bits per heavy atom. The first-order chi connectivity index (χ1) is 9.44. The number of carbonyl (C=O) groups is 1. The highest BCUT2D eigenvalue weighted by Gasteiger charge is 2.42. The highest BCUT2D eigenvalue weighted by molar-refractivity contribution is 8.02. The number of aliphatic hydroxyl groups excluding tert-OH is 1. The van der Waals surface area contributed by atoms with E-state index >= 15 is 0 Å². The van der Waals surface area contributed by atoms with Crippen molar-refractivity contribution in [3.63, 3.8) is 0 Å². The van der Waals surface area contributed by atoms with Crippen LogP contribution >= 0.6 is 11.8 Å². The Morgan fingerprint density at radius 1 is 1.20 bits per heavy atom. The van der Waals surface area contributed by atoms with Crippen molar-refractivity contribution in [1.29, 1.82) is 0 Å². The number of nitrogens with zero attached hydrogens (tertiary/aromatic N) is 1. The molecule has 3 aliphatic rings. The average molecular weight is 319 g/mol. The van der Waals surface area contributed by atoms with E-state index in [9.17, 15) is 18.3 Å². The van der Waals surface area contributed by atoms with Crippen LogP contribution in [-0.4, -0.2) is 65.0 Å². The smallest absolute Gasteiger partial charge is 0.233 e. The SMILES string of the molecule is O=C(CSC1CCS(=O)(=O)C1)N1C2CCC1CC(O)C2. The van der Waals surface area contributed by atoms with Gasteiger partial charge in [-0.25, -0.2) is 8.42 Å². The molecule has 1 N–H and O–H groups in total. The van der Waals surface area contributed by atoms with Gasteiger partial charge in [-0.1, -0.05) is 0 Å². The van der Waals surface area contributed by atoms with E-state index in [4.69, 9.17) is 0 Å². The van der Waals surface area contributed by atoms with E-state index in [2.05, 4.69) is 0 Å². The third-order valence-electron chi connectivity index (χ3n) is 4.63. The summed E-state index contributed by atoms with van der Waals surface area (Å²) in [5, 5.41) is 9.82. The first kappa shape index (κ1) is 14.7. The molecule has 0 aromatic rings. The molecule has 114 valence electrons. The summed E-state index contributed by atoms with van der Waals surface area (Å²) in [5.74, 6) is 0.985. The second-order valence-corrected chi connectivity index (χ2v) is 9.66. The Morgan fingerprint density at radius 2 is 1.85 bits per heavy atom. The second-order valence-electron chi connectivity index (χ2n) is 6.15. The van der Waals surface area contributed by atoms with Gasteiger partial charge < -0.3 is 10.0 Å². The summed E-state index contributed by atoms with van der Waals surface area (Å²) >= 11 is 1.49. The maximum atomic E-state index is 12.4. The van der Waals surface area contributed by atoms with Gasteiger partial charge in [-0.3, -0.25) is 4.79 Å². The average Bonchev–Trinajstić information content (AvgIpc) is 2.85. The summed E-state index contributed by atoms with van der Waals surface area (Å²) in [7, 11) is -2.86. The van der Waals surface area contributed by atoms with E-state index in [1.165, 1.54) is 11.8 Å². The molecule has 7 heteroatoms. The minimum atomic E-state index is -2.86. The molecule has 3 rings (SSSR count). The molecular weight excluding hydrogens is 298 g/mol. The van der Waals surface area contributed by atoms with Crippen LogP contribution in [0.1, 0.15) is 32.1 Å². The number of hydrogen-bond acceptors (Lipinski definition) is 5. The van der Waals surface area contributed by atoms with Crippen LogP contribution in [0, 0.1) is 0 Å². The molecule has 1 amide bonds. The summed E-state index contributed by atoms with van der Waals surface area (Å²) in [4.78, 5) is 14.3. The fourth-order valence-corrected chi connectivity index (χ4v) is 7.22. The van der Waals surface area contributed by atoms with Gasteiger partial charge in [0.1, 0.15) is 0 Å². The quantitative estimate of drug-likeness (QED) is 0.816. The largest absolute Gasteiger partial charge is 0.393 e. The van der Waals surface area contributed by atoms with Crippen molar-refractivity contribution in [2.24, 2.45) is 0 Å². The lowest BCUT2D eigenvalue weighted by atomic mass is 10.00. The van der Waals surface area contributed by atoms with Gasteiger partial charge in [0.25, 0.3) is 0 Å². The Balaban J connectivity index is 1.53. The highest BCUT2D eigenvalue weighted by Crippen LogP contribution is 2.36. The molecule has 2 bridgehead atoms. The number of fused-ring (bicyclic) bond motifs is 2. The Hall–Kier alpha value is -0.270. The summed E-state index contributed by atoms with van der Waals surface area (Å²) < 4.78 is 22.8. The standard InChI is InChI=1S/C13H21NO4S2/c15-11-5-9-1-2-10(6-11)14(9)13(16)7-19-12-3-4-20(17,18)8-12/h9-12,15H,1-8H2. The van der Waals surface area contributed by atoms with E-state index in [0.29, 0.717) is 25.0 Å². The van der Waals surface area contributed by atoms with E-state index in [1.54, 1.807) is 0 Å². The Kier molecular flexibility index (Phi) is 4.03. The van der Waals surface area contributed by atoms with Crippen molar-refractivity contribution in [3.8, 4) is 0 Å². The zero-order valence-corrected chi connectivity index (χ0v) is 13.0. The predicted molar refractivity (Wildman–Crippen MR) is 78.4 cm³/mol. The van der Waals surface area contributed by atoms with Crippen molar-refractivity contribution in [1.82, 2.24) is 4.90 Å². The van der Waals surface area contributed by atoms with Crippen LogP contribution in [0.3, 0.4) is 0 Å². The van der Waals surface area contributed by atoms with E-state index in [1.807, 2.05) is 4.90 Å². The molecular formula is C13H21NO4S2. The summed E-state index contributed by atoms with van der Waals surface area (Å²) in [6.07, 6.45) is 3.80. The maximum Gasteiger partial charge on any atom is 0.233 e. The predicted octanol–water partition coefficient (Wildman–Crippen LogP) is 0.421. The van der Waals surface area contributed by atoms with Crippen molar-refractivity contribution in [2.45, 2.75) is 55.5 Å². The maximum absolute atomic E-state index is 12.4. The lowest BCUT2D eigenvalue weighted by Gasteiger charge is -2.37. The zero-order chi connectivity index (χ0) is 14.3. The van der Waals surface area contributed by atoms with E-state index in [0.717, 1.165) is 12.8 Å². The third kappa shape index (κ3) is 2.99. The molecule has 3 atom stereocenters. The minimum Gasteiger partial charge on any atom is -0.393 e. The number of hydrogen-bond donors (Lipinski definition) is 1. The fourth-order valence-electron chi connectivity index (χ4n) is 3.71. The summed E-state index contributed by atoms with van der Waals surface area (Å²) in [6.45, 7) is 0. The van der Waals surface area contributed by atoms with Gasteiger partial charge in [0.05, 0.1) is 23.4 Å². The van der Waals surface area contributed by atoms with Crippen molar-refractivity contribution in [3.05, 3.63) is 0 Å². The van der Waals surface area contributed by atoms with Gasteiger partial charge in [-0.2, -0.15) is 0 Å². The zero-order valence-electron chi connectivity index (χ0n) is 11.4. The normalized spacial score (nSPS) is 39.1. The van der Waals surface area contributed by atoms with E-state index in [-0.39, 0.29) is 40.9 Å². The van der Waals surface area contributed by atoms with Crippen LogP contribution in [0.2, 0.25) is 0 Å². The van der Waals surface area contributed by atoms with E-state index < -0.39 is 9.84 Å². The van der Waals surface area contributed by atoms with Crippen LogP contribution in [0.15, 0.2) is 0 Å². The molecule has 20 heavy (non-hydrogen) atoms. The monoisotopic (exact) mass is 319 g/mol. The first-order valence-corrected chi connectivity index (χ1v) is 10.1. The second kappa shape index (κ2) is 5.50. The Labute approximate surface area is 124 Å². The number of amides is 1.